The highest BCUT2D eigenvalue weighted by atomic mass is 32.2. The van der Waals surface area contributed by atoms with Gasteiger partial charge in [-0.15, -0.1) is 11.3 Å². The molecule has 0 saturated carbocycles. The van der Waals surface area contributed by atoms with E-state index < -0.39 is 0 Å². The van der Waals surface area contributed by atoms with Crippen LogP contribution in [0.5, 0.6) is 0 Å². The molecular formula is C10H12N4S2. The number of nitrogens with two attached hydrogens (primary N) is 1. The van der Waals surface area contributed by atoms with E-state index in [9.17, 15) is 0 Å². The van der Waals surface area contributed by atoms with Crippen molar-refractivity contribution in [3.8, 4) is 0 Å². The molecule has 16 heavy (non-hydrogen) atoms. The minimum Gasteiger partial charge on any atom is -0.384 e. The van der Waals surface area contributed by atoms with Crippen molar-refractivity contribution in [1.29, 1.82) is 0 Å². The summed E-state index contributed by atoms with van der Waals surface area (Å²) < 4.78 is 0.973. The Morgan fingerprint density at radius 2 is 2.31 bits per heavy atom. The zero-order chi connectivity index (χ0) is 11.4. The van der Waals surface area contributed by atoms with Gasteiger partial charge < -0.3 is 5.73 Å². The van der Waals surface area contributed by atoms with Crippen molar-refractivity contribution in [1.82, 2.24) is 15.0 Å². The van der Waals surface area contributed by atoms with Crippen LogP contribution in [0.4, 0.5) is 5.82 Å². The maximum absolute atomic E-state index is 5.74. The van der Waals surface area contributed by atoms with Crippen LogP contribution in [0.3, 0.4) is 0 Å². The van der Waals surface area contributed by atoms with Gasteiger partial charge in [-0.2, -0.15) is 0 Å². The number of anilines is 1. The Morgan fingerprint density at radius 3 is 3.00 bits per heavy atom. The third kappa shape index (κ3) is 2.93. The van der Waals surface area contributed by atoms with Crippen molar-refractivity contribution in [2.45, 2.75) is 29.1 Å². The number of thiazole rings is 1. The number of aromatic nitrogens is 3. The highest BCUT2D eigenvalue weighted by molar-refractivity contribution is 8.01. The van der Waals surface area contributed by atoms with Crippen molar-refractivity contribution >= 4 is 28.9 Å². The SMILES string of the molecule is CCCc1nc(N)cc(Sc2nccs2)n1. The predicted molar refractivity (Wildman–Crippen MR) is 66.7 cm³/mol. The number of aryl methyl sites for hydroxylation is 1. The van der Waals surface area contributed by atoms with Crippen LogP contribution >= 0.6 is 23.1 Å². The summed E-state index contributed by atoms with van der Waals surface area (Å²) in [6.45, 7) is 2.10. The molecule has 0 fully saturated rings. The third-order valence-corrected chi connectivity index (χ3v) is 3.65. The van der Waals surface area contributed by atoms with Gasteiger partial charge in [-0.05, 0) is 18.2 Å². The predicted octanol–water partition coefficient (Wildman–Crippen LogP) is 2.62. The van der Waals surface area contributed by atoms with Crippen molar-refractivity contribution < 1.29 is 0 Å². The van der Waals surface area contributed by atoms with E-state index in [0.29, 0.717) is 5.82 Å². The van der Waals surface area contributed by atoms with Gasteiger partial charge >= 0.3 is 0 Å². The molecule has 2 heterocycles. The number of hydrogen-bond donors (Lipinski definition) is 1. The molecule has 0 saturated heterocycles. The molecule has 2 rings (SSSR count). The summed E-state index contributed by atoms with van der Waals surface area (Å²) in [5.74, 6) is 1.33. The topological polar surface area (TPSA) is 64.7 Å². The molecule has 2 aromatic rings. The maximum Gasteiger partial charge on any atom is 0.156 e. The average molecular weight is 252 g/mol. The quantitative estimate of drug-likeness (QED) is 0.847. The van der Waals surface area contributed by atoms with Gasteiger partial charge in [0.15, 0.2) is 4.34 Å². The van der Waals surface area contributed by atoms with E-state index in [2.05, 4.69) is 21.9 Å². The highest BCUT2D eigenvalue weighted by Crippen LogP contribution is 2.28. The van der Waals surface area contributed by atoms with Crippen LogP contribution in [0, 0.1) is 0 Å². The molecular weight excluding hydrogens is 240 g/mol. The van der Waals surface area contributed by atoms with Gasteiger partial charge in [-0.1, -0.05) is 6.92 Å². The second-order valence-electron chi connectivity index (χ2n) is 3.20. The summed E-state index contributed by atoms with van der Waals surface area (Å²) in [5, 5.41) is 2.81. The smallest absolute Gasteiger partial charge is 0.156 e. The lowest BCUT2D eigenvalue weighted by molar-refractivity contribution is 0.813. The molecule has 0 bridgehead atoms. The maximum atomic E-state index is 5.74. The molecule has 0 aliphatic rings. The van der Waals surface area contributed by atoms with Crippen molar-refractivity contribution in [3.63, 3.8) is 0 Å². The Labute approximate surface area is 102 Å². The molecule has 0 atom stereocenters. The molecule has 2 N–H and O–H groups in total. The molecule has 84 valence electrons. The third-order valence-electron chi connectivity index (χ3n) is 1.84. The van der Waals surface area contributed by atoms with E-state index >= 15 is 0 Å². The summed E-state index contributed by atoms with van der Waals surface area (Å²) in [4.78, 5) is 12.8. The van der Waals surface area contributed by atoms with Gasteiger partial charge in [-0.25, -0.2) is 15.0 Å². The Hall–Kier alpha value is -1.14. The Kier molecular flexibility index (Phi) is 3.74. The first-order chi connectivity index (χ1) is 7.78. The zero-order valence-corrected chi connectivity index (χ0v) is 10.5. The first-order valence-corrected chi connectivity index (χ1v) is 6.68. The second kappa shape index (κ2) is 5.27. The second-order valence-corrected chi connectivity index (χ2v) is 5.36. The summed E-state index contributed by atoms with van der Waals surface area (Å²) in [6.07, 6.45) is 3.66. The van der Waals surface area contributed by atoms with Crippen molar-refractivity contribution in [2.24, 2.45) is 0 Å². The standard InChI is InChI=1S/C10H12N4S2/c1-2-3-8-13-7(11)6-9(14-8)16-10-12-4-5-15-10/h4-6H,2-3H2,1H3,(H2,11,13,14). The Bertz CT molecular complexity index is 456. The van der Waals surface area contributed by atoms with E-state index in [1.807, 2.05) is 5.38 Å². The first kappa shape index (κ1) is 11.3. The van der Waals surface area contributed by atoms with E-state index in [-0.39, 0.29) is 0 Å². The van der Waals surface area contributed by atoms with E-state index in [1.165, 1.54) is 11.8 Å². The molecule has 0 aromatic carbocycles. The first-order valence-electron chi connectivity index (χ1n) is 4.98. The van der Waals surface area contributed by atoms with Crippen molar-refractivity contribution in [3.05, 3.63) is 23.5 Å². The molecule has 2 aromatic heterocycles. The van der Waals surface area contributed by atoms with Crippen LogP contribution in [0.25, 0.3) is 0 Å². The number of nitrogens with zero attached hydrogens (tertiary/aromatic N) is 3. The van der Waals surface area contributed by atoms with Gasteiger partial charge in [0, 0.05) is 24.1 Å². The van der Waals surface area contributed by atoms with Crippen molar-refractivity contribution in [2.75, 3.05) is 5.73 Å². The molecule has 0 unspecified atom stereocenters. The van der Waals surface area contributed by atoms with Gasteiger partial charge in [0.25, 0.3) is 0 Å². The number of nitrogen functional groups attached to an aromatic ring is 1. The number of hydrogen-bond acceptors (Lipinski definition) is 6. The molecule has 0 spiro atoms. The largest absolute Gasteiger partial charge is 0.384 e. The minimum absolute atomic E-state index is 0.525. The van der Waals surface area contributed by atoms with E-state index in [4.69, 9.17) is 5.73 Å². The minimum atomic E-state index is 0.525. The van der Waals surface area contributed by atoms with Crippen LogP contribution in [0.2, 0.25) is 0 Å². The zero-order valence-electron chi connectivity index (χ0n) is 8.88. The van der Waals surface area contributed by atoms with Gasteiger partial charge in [-0.3, -0.25) is 0 Å². The normalized spacial score (nSPS) is 10.6. The molecule has 4 nitrogen and oxygen atoms in total. The lowest BCUT2D eigenvalue weighted by Crippen LogP contribution is -2.00. The molecule has 0 radical (unpaired) electrons. The van der Waals surface area contributed by atoms with Crippen LogP contribution in [-0.2, 0) is 6.42 Å². The molecule has 0 aliphatic carbocycles. The van der Waals surface area contributed by atoms with Crippen LogP contribution in [0.15, 0.2) is 27.0 Å². The lowest BCUT2D eigenvalue weighted by atomic mass is 10.3. The monoisotopic (exact) mass is 252 g/mol. The molecule has 0 amide bonds. The fourth-order valence-electron chi connectivity index (χ4n) is 1.23. The Morgan fingerprint density at radius 1 is 1.44 bits per heavy atom. The fraction of sp³-hybridized carbons (Fsp3) is 0.300. The molecule has 6 heteroatoms. The summed E-state index contributed by atoms with van der Waals surface area (Å²) in [7, 11) is 0. The van der Waals surface area contributed by atoms with Crippen LogP contribution in [-0.4, -0.2) is 15.0 Å². The van der Waals surface area contributed by atoms with Gasteiger partial charge in [0.1, 0.15) is 16.7 Å². The summed E-state index contributed by atoms with van der Waals surface area (Å²) in [5.41, 5.74) is 5.74. The fourth-order valence-corrected chi connectivity index (χ4v) is 2.83. The summed E-state index contributed by atoms with van der Waals surface area (Å²) >= 11 is 3.12. The summed E-state index contributed by atoms with van der Waals surface area (Å²) in [6, 6.07) is 1.78. The number of rotatable bonds is 4. The van der Waals surface area contributed by atoms with Gasteiger partial charge in [0.05, 0.1) is 0 Å². The molecule has 0 aliphatic heterocycles. The Balaban J connectivity index is 2.20. The highest BCUT2D eigenvalue weighted by Gasteiger charge is 2.05. The lowest BCUT2D eigenvalue weighted by Gasteiger charge is -2.02. The van der Waals surface area contributed by atoms with Crippen LogP contribution in [0.1, 0.15) is 19.2 Å². The van der Waals surface area contributed by atoms with E-state index in [1.54, 1.807) is 23.6 Å². The average Bonchev–Trinajstić information content (AvgIpc) is 2.70. The van der Waals surface area contributed by atoms with Crippen LogP contribution < -0.4 is 5.73 Å². The van der Waals surface area contributed by atoms with E-state index in [0.717, 1.165) is 28.0 Å². The van der Waals surface area contributed by atoms with Gasteiger partial charge in [0.2, 0.25) is 0 Å².